The van der Waals surface area contributed by atoms with Crippen LogP contribution in [0.5, 0.6) is 0 Å². The van der Waals surface area contributed by atoms with Gasteiger partial charge in [-0.3, -0.25) is 4.79 Å². The highest BCUT2D eigenvalue weighted by Crippen LogP contribution is 2.12. The minimum absolute atomic E-state index is 0.259. The lowest BCUT2D eigenvalue weighted by Gasteiger charge is -2.28. The Morgan fingerprint density at radius 1 is 1.53 bits per heavy atom. The molecule has 1 fully saturated rings. The molecule has 106 valence electrons. The lowest BCUT2D eigenvalue weighted by Crippen LogP contribution is -2.48. The first-order valence-corrected chi connectivity index (χ1v) is 6.36. The maximum Gasteiger partial charge on any atom is 0.287 e. The molecule has 0 aliphatic carbocycles. The molecule has 1 aromatic heterocycles. The smallest absolute Gasteiger partial charge is 0.287 e. The van der Waals surface area contributed by atoms with Gasteiger partial charge in [-0.2, -0.15) is 0 Å². The second kappa shape index (κ2) is 6.18. The molecule has 19 heavy (non-hydrogen) atoms. The van der Waals surface area contributed by atoms with Crippen molar-refractivity contribution >= 4 is 5.91 Å². The van der Waals surface area contributed by atoms with Crippen LogP contribution >= 0.6 is 0 Å². The molecule has 0 unspecified atom stereocenters. The topological polar surface area (TPSA) is 74.9 Å². The molecule has 2 N–H and O–H groups in total. The van der Waals surface area contributed by atoms with Gasteiger partial charge in [-0.1, -0.05) is 0 Å². The lowest BCUT2D eigenvalue weighted by atomic mass is 10.1. The first kappa shape index (κ1) is 14.0. The summed E-state index contributed by atoms with van der Waals surface area (Å²) in [5, 5.41) is 12.5. The zero-order valence-corrected chi connectivity index (χ0v) is 11.3. The molecule has 0 saturated carbocycles. The molecule has 6 heteroatoms. The van der Waals surface area contributed by atoms with Crippen molar-refractivity contribution in [1.82, 2.24) is 10.2 Å². The SMILES string of the molecule is CN(C)Cc1ccc(C(=O)N[C@@H]2CCOC[C@H]2O)o1. The van der Waals surface area contributed by atoms with Crippen LogP contribution in [0.15, 0.2) is 16.5 Å². The summed E-state index contributed by atoms with van der Waals surface area (Å²) < 4.78 is 10.6. The summed E-state index contributed by atoms with van der Waals surface area (Å²) in [5.41, 5.74) is 0. The van der Waals surface area contributed by atoms with E-state index >= 15 is 0 Å². The molecular weight excluding hydrogens is 248 g/mol. The quantitative estimate of drug-likeness (QED) is 0.817. The number of nitrogens with one attached hydrogen (secondary N) is 1. The number of ether oxygens (including phenoxy) is 1. The van der Waals surface area contributed by atoms with Crippen LogP contribution in [0.4, 0.5) is 0 Å². The van der Waals surface area contributed by atoms with Gasteiger partial charge in [0.05, 0.1) is 25.3 Å². The van der Waals surface area contributed by atoms with Crippen molar-refractivity contribution in [2.45, 2.75) is 25.1 Å². The zero-order chi connectivity index (χ0) is 13.8. The Hall–Kier alpha value is -1.37. The summed E-state index contributed by atoms with van der Waals surface area (Å²) in [7, 11) is 3.86. The summed E-state index contributed by atoms with van der Waals surface area (Å²) in [4.78, 5) is 13.9. The Labute approximate surface area is 112 Å². The third-order valence-electron chi connectivity index (χ3n) is 3.00. The summed E-state index contributed by atoms with van der Waals surface area (Å²) in [6.45, 7) is 1.45. The van der Waals surface area contributed by atoms with Gasteiger partial charge in [0.25, 0.3) is 5.91 Å². The Morgan fingerprint density at radius 3 is 3.00 bits per heavy atom. The molecule has 1 aliphatic heterocycles. The largest absolute Gasteiger partial charge is 0.455 e. The van der Waals surface area contributed by atoms with Crippen molar-refractivity contribution < 1.29 is 19.1 Å². The number of aliphatic hydroxyl groups excluding tert-OH is 1. The number of furan rings is 1. The molecule has 2 heterocycles. The van der Waals surface area contributed by atoms with E-state index in [0.717, 1.165) is 5.76 Å². The van der Waals surface area contributed by atoms with E-state index in [1.807, 2.05) is 19.0 Å². The number of rotatable bonds is 4. The van der Waals surface area contributed by atoms with Gasteiger partial charge in [0.15, 0.2) is 5.76 Å². The van der Waals surface area contributed by atoms with Crippen molar-refractivity contribution in [2.24, 2.45) is 0 Å². The van der Waals surface area contributed by atoms with E-state index in [1.165, 1.54) is 0 Å². The summed E-state index contributed by atoms with van der Waals surface area (Å²) in [6, 6.07) is 3.17. The van der Waals surface area contributed by atoms with Crippen LogP contribution in [0.25, 0.3) is 0 Å². The minimum atomic E-state index is -0.658. The van der Waals surface area contributed by atoms with Crippen molar-refractivity contribution in [1.29, 1.82) is 0 Å². The van der Waals surface area contributed by atoms with E-state index < -0.39 is 6.10 Å². The van der Waals surface area contributed by atoms with Crippen LogP contribution in [0.2, 0.25) is 0 Å². The first-order valence-electron chi connectivity index (χ1n) is 6.36. The van der Waals surface area contributed by atoms with Gasteiger partial charge in [-0.15, -0.1) is 0 Å². The van der Waals surface area contributed by atoms with Gasteiger partial charge in [0.2, 0.25) is 0 Å². The molecule has 1 aliphatic rings. The van der Waals surface area contributed by atoms with Gasteiger partial charge >= 0.3 is 0 Å². The first-order chi connectivity index (χ1) is 9.06. The number of aliphatic hydroxyl groups is 1. The van der Waals surface area contributed by atoms with Gasteiger partial charge < -0.3 is 24.5 Å². The van der Waals surface area contributed by atoms with Gasteiger partial charge in [0.1, 0.15) is 5.76 Å². The second-order valence-electron chi connectivity index (χ2n) is 5.01. The van der Waals surface area contributed by atoms with Gasteiger partial charge in [-0.05, 0) is 32.6 Å². The molecule has 2 rings (SSSR count). The average Bonchev–Trinajstić information content (AvgIpc) is 2.79. The third-order valence-corrected chi connectivity index (χ3v) is 3.00. The van der Waals surface area contributed by atoms with Crippen LogP contribution < -0.4 is 5.32 Å². The zero-order valence-electron chi connectivity index (χ0n) is 11.3. The molecule has 0 bridgehead atoms. The normalized spacial score (nSPS) is 23.6. The predicted octanol–water partition coefficient (Wildman–Crippen LogP) is 0.221. The van der Waals surface area contributed by atoms with Crippen molar-refractivity contribution in [3.8, 4) is 0 Å². The van der Waals surface area contributed by atoms with Crippen molar-refractivity contribution in [2.75, 3.05) is 27.3 Å². The number of carbonyl (C=O) groups is 1. The van der Waals surface area contributed by atoms with E-state index in [1.54, 1.807) is 12.1 Å². The molecule has 2 atom stereocenters. The monoisotopic (exact) mass is 268 g/mol. The van der Waals surface area contributed by atoms with E-state index in [-0.39, 0.29) is 24.3 Å². The van der Waals surface area contributed by atoms with Crippen LogP contribution in [0.1, 0.15) is 22.7 Å². The van der Waals surface area contributed by atoms with Crippen molar-refractivity contribution in [3.63, 3.8) is 0 Å². The van der Waals surface area contributed by atoms with E-state index in [4.69, 9.17) is 9.15 Å². The number of hydrogen-bond acceptors (Lipinski definition) is 5. The Morgan fingerprint density at radius 2 is 2.32 bits per heavy atom. The molecular formula is C13H20N2O4. The summed E-state index contributed by atoms with van der Waals surface area (Å²) in [5.74, 6) is 0.717. The Balaban J connectivity index is 1.93. The van der Waals surface area contributed by atoms with E-state index in [9.17, 15) is 9.90 Å². The minimum Gasteiger partial charge on any atom is -0.455 e. The van der Waals surface area contributed by atoms with Gasteiger partial charge in [0, 0.05) is 6.61 Å². The van der Waals surface area contributed by atoms with Crippen LogP contribution in [-0.2, 0) is 11.3 Å². The number of amides is 1. The Bertz CT molecular complexity index is 430. The Kier molecular flexibility index (Phi) is 4.57. The molecule has 1 amide bonds. The van der Waals surface area contributed by atoms with Crippen LogP contribution in [-0.4, -0.2) is 55.4 Å². The highest BCUT2D eigenvalue weighted by molar-refractivity contribution is 5.91. The average molecular weight is 268 g/mol. The number of nitrogens with zero attached hydrogens (tertiary/aromatic N) is 1. The molecule has 1 saturated heterocycles. The number of hydrogen-bond donors (Lipinski definition) is 2. The van der Waals surface area contributed by atoms with Crippen LogP contribution in [0, 0.1) is 0 Å². The van der Waals surface area contributed by atoms with Crippen molar-refractivity contribution in [3.05, 3.63) is 23.7 Å². The lowest BCUT2D eigenvalue weighted by molar-refractivity contribution is -0.0262. The molecule has 1 aromatic rings. The fraction of sp³-hybridized carbons (Fsp3) is 0.615. The predicted molar refractivity (Wildman–Crippen MR) is 68.8 cm³/mol. The molecule has 0 spiro atoms. The van der Waals surface area contributed by atoms with E-state index in [2.05, 4.69) is 5.32 Å². The molecule has 0 aromatic carbocycles. The third kappa shape index (κ3) is 3.79. The summed E-state index contributed by atoms with van der Waals surface area (Å²) >= 11 is 0. The molecule has 6 nitrogen and oxygen atoms in total. The van der Waals surface area contributed by atoms with E-state index in [0.29, 0.717) is 19.6 Å². The van der Waals surface area contributed by atoms with Crippen LogP contribution in [0.3, 0.4) is 0 Å². The highest BCUT2D eigenvalue weighted by atomic mass is 16.5. The highest BCUT2D eigenvalue weighted by Gasteiger charge is 2.26. The maximum absolute atomic E-state index is 12.0. The standard InChI is InChI=1S/C13H20N2O4/c1-15(2)7-9-3-4-12(19-9)13(17)14-10-5-6-18-8-11(10)16/h3-4,10-11,16H,5-8H2,1-2H3,(H,14,17)/t10-,11-/m1/s1. The summed E-state index contributed by atoms with van der Waals surface area (Å²) in [6.07, 6.45) is -0.0491. The maximum atomic E-state index is 12.0. The number of carbonyl (C=O) groups excluding carboxylic acids is 1. The van der Waals surface area contributed by atoms with Gasteiger partial charge in [-0.25, -0.2) is 0 Å². The molecule has 0 radical (unpaired) electrons. The fourth-order valence-corrected chi connectivity index (χ4v) is 2.03. The fourth-order valence-electron chi connectivity index (χ4n) is 2.03. The second-order valence-corrected chi connectivity index (χ2v) is 5.01.